The standard InChI is InChI=1S/C52H86NO10P/c1-3-5-7-9-11-13-15-17-19-21-23-24-26-27-29-31-33-35-37-39-41-43-50(55)53-49(52(57)58)47-63-64(59,60)62-46-48(54)45-61-51(56)44-42-40-38-36-34-32-30-28-25-22-20-18-16-14-12-10-8-6-4-2/h6,8,11-14,17-20,25,28,32,34,38,40,48-49,54H,3-5,7,9-10,15-16,21-24,26-27,29-31,33,35-37,39,41-47H2,1-2H3,(H,53,55)(H,57,58)(H,59,60)/b8-6-,13-11-,14-12-,19-17-,20-18-,28-25-,34-32-,40-38-. The number of esters is 1. The molecule has 0 saturated heterocycles. The van der Waals surface area contributed by atoms with Crippen molar-refractivity contribution in [3.8, 4) is 0 Å². The van der Waals surface area contributed by atoms with Crippen LogP contribution in [0.25, 0.3) is 0 Å². The fourth-order valence-electron chi connectivity index (χ4n) is 6.14. The maximum atomic E-state index is 12.4. The van der Waals surface area contributed by atoms with Crippen molar-refractivity contribution < 1.29 is 47.8 Å². The average molecular weight is 916 g/mol. The summed E-state index contributed by atoms with van der Waals surface area (Å²) >= 11 is 0. The van der Waals surface area contributed by atoms with Crippen molar-refractivity contribution in [3.63, 3.8) is 0 Å². The molecular formula is C52H86NO10P. The highest BCUT2D eigenvalue weighted by atomic mass is 31.2. The summed E-state index contributed by atoms with van der Waals surface area (Å²) in [7, 11) is -4.78. The number of hydrogen-bond acceptors (Lipinski definition) is 8. The summed E-state index contributed by atoms with van der Waals surface area (Å²) in [4.78, 5) is 46.0. The molecule has 3 unspecified atom stereocenters. The summed E-state index contributed by atoms with van der Waals surface area (Å²) < 4.78 is 26.8. The van der Waals surface area contributed by atoms with Crippen molar-refractivity contribution in [2.24, 2.45) is 0 Å². The Morgan fingerprint density at radius 3 is 1.39 bits per heavy atom. The maximum Gasteiger partial charge on any atom is 0.472 e. The van der Waals surface area contributed by atoms with Crippen LogP contribution in [0.2, 0.25) is 0 Å². The molecular weight excluding hydrogens is 830 g/mol. The number of carbonyl (C=O) groups is 3. The summed E-state index contributed by atoms with van der Waals surface area (Å²) in [6.07, 6.45) is 58.7. The van der Waals surface area contributed by atoms with E-state index >= 15 is 0 Å². The third kappa shape index (κ3) is 45.0. The molecule has 64 heavy (non-hydrogen) atoms. The van der Waals surface area contributed by atoms with Crippen LogP contribution < -0.4 is 5.32 Å². The quantitative estimate of drug-likeness (QED) is 0.0200. The molecule has 11 nitrogen and oxygen atoms in total. The van der Waals surface area contributed by atoms with Gasteiger partial charge in [0.25, 0.3) is 0 Å². The van der Waals surface area contributed by atoms with Gasteiger partial charge < -0.3 is 25.2 Å². The number of aliphatic carboxylic acids is 1. The maximum absolute atomic E-state index is 12.4. The fraction of sp³-hybridized carbons (Fsp3) is 0.635. The number of phosphoric acid groups is 1. The van der Waals surface area contributed by atoms with E-state index in [1.807, 2.05) is 18.2 Å². The van der Waals surface area contributed by atoms with E-state index in [4.69, 9.17) is 13.8 Å². The largest absolute Gasteiger partial charge is 0.480 e. The zero-order chi connectivity index (χ0) is 47.0. The highest BCUT2D eigenvalue weighted by Gasteiger charge is 2.28. The lowest BCUT2D eigenvalue weighted by Crippen LogP contribution is -2.43. The lowest BCUT2D eigenvalue weighted by molar-refractivity contribution is -0.147. The van der Waals surface area contributed by atoms with E-state index in [1.165, 1.54) is 64.2 Å². The first-order valence-corrected chi connectivity index (χ1v) is 25.8. The minimum atomic E-state index is -4.78. The van der Waals surface area contributed by atoms with Crippen molar-refractivity contribution >= 4 is 25.7 Å². The molecule has 364 valence electrons. The molecule has 0 radical (unpaired) electrons. The van der Waals surface area contributed by atoms with Crippen LogP contribution in [0.1, 0.15) is 181 Å². The van der Waals surface area contributed by atoms with E-state index in [9.17, 15) is 34.1 Å². The van der Waals surface area contributed by atoms with Crippen molar-refractivity contribution in [3.05, 3.63) is 97.2 Å². The molecule has 0 fully saturated rings. The molecule has 4 N–H and O–H groups in total. The van der Waals surface area contributed by atoms with Crippen molar-refractivity contribution in [2.45, 2.75) is 193 Å². The van der Waals surface area contributed by atoms with Crippen molar-refractivity contribution in [1.82, 2.24) is 5.32 Å². The minimum absolute atomic E-state index is 0.0941. The molecule has 0 aliphatic heterocycles. The van der Waals surface area contributed by atoms with Gasteiger partial charge in [-0.1, -0.05) is 182 Å². The molecule has 0 bridgehead atoms. The number of hydrogen-bond donors (Lipinski definition) is 4. The highest BCUT2D eigenvalue weighted by molar-refractivity contribution is 7.47. The zero-order valence-electron chi connectivity index (χ0n) is 39.5. The topological polar surface area (TPSA) is 169 Å². The number of aliphatic hydroxyl groups excluding tert-OH is 1. The van der Waals surface area contributed by atoms with Gasteiger partial charge in [-0.3, -0.25) is 18.6 Å². The molecule has 0 aliphatic rings. The normalized spacial score (nSPS) is 14.4. The molecule has 0 heterocycles. The summed E-state index contributed by atoms with van der Waals surface area (Å²) in [6, 6.07) is -1.56. The number of carbonyl (C=O) groups excluding carboxylic acids is 2. The van der Waals surface area contributed by atoms with Gasteiger partial charge in [0.15, 0.2) is 6.04 Å². The number of carboxylic acid groups (broad SMARTS) is 1. The predicted octanol–water partition coefficient (Wildman–Crippen LogP) is 13.2. The molecule has 0 aromatic rings. The first-order valence-electron chi connectivity index (χ1n) is 24.3. The molecule has 0 rings (SSSR count). The summed E-state index contributed by atoms with van der Waals surface area (Å²) in [5, 5.41) is 21.9. The number of nitrogens with one attached hydrogen (secondary N) is 1. The minimum Gasteiger partial charge on any atom is -0.480 e. The molecule has 0 spiro atoms. The molecule has 0 saturated carbocycles. The van der Waals surface area contributed by atoms with Crippen LogP contribution in [-0.2, 0) is 32.7 Å². The molecule has 0 aromatic carbocycles. The van der Waals surface area contributed by atoms with Gasteiger partial charge in [0.1, 0.15) is 12.7 Å². The predicted molar refractivity (Wildman–Crippen MR) is 263 cm³/mol. The number of rotatable bonds is 44. The smallest absolute Gasteiger partial charge is 0.472 e. The van der Waals surface area contributed by atoms with E-state index in [2.05, 4.69) is 98.2 Å². The van der Waals surface area contributed by atoms with Gasteiger partial charge in [-0.25, -0.2) is 9.36 Å². The Morgan fingerprint density at radius 1 is 0.516 bits per heavy atom. The second kappa shape index (κ2) is 45.9. The Morgan fingerprint density at radius 2 is 0.922 bits per heavy atom. The highest BCUT2D eigenvalue weighted by Crippen LogP contribution is 2.43. The van der Waals surface area contributed by atoms with Gasteiger partial charge in [-0.15, -0.1) is 0 Å². The van der Waals surface area contributed by atoms with Crippen LogP contribution in [0.15, 0.2) is 97.2 Å². The van der Waals surface area contributed by atoms with Crippen LogP contribution in [0, 0.1) is 0 Å². The third-order valence-electron chi connectivity index (χ3n) is 9.87. The number of aliphatic hydroxyl groups is 1. The Labute approximate surface area is 387 Å². The summed E-state index contributed by atoms with van der Waals surface area (Å²) in [6.45, 7) is 2.38. The van der Waals surface area contributed by atoms with E-state index in [0.717, 1.165) is 77.0 Å². The second-order valence-electron chi connectivity index (χ2n) is 15.9. The van der Waals surface area contributed by atoms with E-state index in [1.54, 1.807) is 0 Å². The Bertz CT molecular complexity index is 1450. The molecule has 3 atom stereocenters. The Balaban J connectivity index is 3.96. The lowest BCUT2D eigenvalue weighted by Gasteiger charge is -2.18. The Kier molecular flexibility index (Phi) is 43.4. The lowest BCUT2D eigenvalue weighted by atomic mass is 10.0. The summed E-state index contributed by atoms with van der Waals surface area (Å²) in [5.74, 6) is -2.48. The van der Waals surface area contributed by atoms with Gasteiger partial charge in [0.2, 0.25) is 5.91 Å². The molecule has 12 heteroatoms. The van der Waals surface area contributed by atoms with Gasteiger partial charge >= 0.3 is 19.8 Å². The van der Waals surface area contributed by atoms with Crippen LogP contribution in [0.3, 0.4) is 0 Å². The number of carboxylic acids is 1. The van der Waals surface area contributed by atoms with Crippen molar-refractivity contribution in [1.29, 1.82) is 0 Å². The SMILES string of the molecule is CC/C=C\C/C=C\C/C=C\C/C=C\C/C=C\C/C=C\CCC(=O)OCC(O)COP(=O)(O)OCC(NC(=O)CCCCCCCCCCCCC/C=C\C/C=C\CCCCC)C(=O)O. The van der Waals surface area contributed by atoms with Gasteiger partial charge in [-0.2, -0.15) is 0 Å². The first kappa shape index (κ1) is 60.4. The van der Waals surface area contributed by atoms with Crippen molar-refractivity contribution in [2.75, 3.05) is 19.8 Å². The van der Waals surface area contributed by atoms with Crippen LogP contribution in [-0.4, -0.2) is 64.9 Å². The van der Waals surface area contributed by atoms with Crippen LogP contribution in [0.4, 0.5) is 0 Å². The van der Waals surface area contributed by atoms with E-state index in [-0.39, 0.29) is 12.8 Å². The Hall–Kier alpha value is -3.60. The monoisotopic (exact) mass is 916 g/mol. The summed E-state index contributed by atoms with van der Waals surface area (Å²) in [5.41, 5.74) is 0. The van der Waals surface area contributed by atoms with E-state index in [0.29, 0.717) is 12.8 Å². The second-order valence-corrected chi connectivity index (χ2v) is 17.4. The van der Waals surface area contributed by atoms with Gasteiger partial charge in [0, 0.05) is 12.8 Å². The molecule has 0 aliphatic carbocycles. The van der Waals surface area contributed by atoms with Crippen LogP contribution in [0.5, 0.6) is 0 Å². The zero-order valence-corrected chi connectivity index (χ0v) is 40.4. The third-order valence-corrected chi connectivity index (χ3v) is 10.8. The molecule has 1 amide bonds. The van der Waals surface area contributed by atoms with Gasteiger partial charge in [-0.05, 0) is 83.5 Å². The fourth-order valence-corrected chi connectivity index (χ4v) is 6.91. The molecule has 0 aromatic heterocycles. The number of phosphoric ester groups is 1. The number of ether oxygens (including phenoxy) is 1. The average Bonchev–Trinajstić information content (AvgIpc) is 3.27. The number of unbranched alkanes of at least 4 members (excludes halogenated alkanes) is 14. The number of allylic oxidation sites excluding steroid dienone is 16. The number of amides is 1. The van der Waals surface area contributed by atoms with Crippen LogP contribution >= 0.6 is 7.82 Å². The first-order chi connectivity index (χ1) is 31.1. The van der Waals surface area contributed by atoms with E-state index < -0.39 is 57.6 Å². The van der Waals surface area contributed by atoms with Gasteiger partial charge in [0.05, 0.1) is 13.2 Å².